The van der Waals surface area contributed by atoms with Gasteiger partial charge < -0.3 is 9.80 Å². The Morgan fingerprint density at radius 1 is 1.20 bits per heavy atom. The smallest absolute Gasteiger partial charge is 0.273 e. The van der Waals surface area contributed by atoms with Gasteiger partial charge in [0.25, 0.3) is 5.91 Å². The SMILES string of the molecule is C[C@H]1CCCN(C(=O)c2csc(-c3ccc(N4CCCC4)nc3)n2)C1. The Hall–Kier alpha value is -1.95. The van der Waals surface area contributed by atoms with E-state index in [-0.39, 0.29) is 5.91 Å². The lowest BCUT2D eigenvalue weighted by Gasteiger charge is -2.30. The van der Waals surface area contributed by atoms with Crippen molar-refractivity contribution in [2.24, 2.45) is 5.92 Å². The average molecular weight is 356 g/mol. The van der Waals surface area contributed by atoms with Gasteiger partial charge in [-0.2, -0.15) is 0 Å². The lowest BCUT2D eigenvalue weighted by atomic mass is 10.0. The van der Waals surface area contributed by atoms with Gasteiger partial charge in [-0.25, -0.2) is 9.97 Å². The molecule has 2 aliphatic rings. The number of thiazole rings is 1. The van der Waals surface area contributed by atoms with Crippen LogP contribution < -0.4 is 4.90 Å². The zero-order valence-corrected chi connectivity index (χ0v) is 15.5. The van der Waals surface area contributed by atoms with Gasteiger partial charge in [-0.05, 0) is 43.7 Å². The van der Waals surface area contributed by atoms with Crippen LogP contribution in [0.25, 0.3) is 10.6 Å². The van der Waals surface area contributed by atoms with Gasteiger partial charge in [0.1, 0.15) is 16.5 Å². The molecule has 2 aromatic rings. The van der Waals surface area contributed by atoms with Crippen molar-refractivity contribution in [1.82, 2.24) is 14.9 Å². The number of nitrogens with zero attached hydrogens (tertiary/aromatic N) is 4. The van der Waals surface area contributed by atoms with Gasteiger partial charge in [0.05, 0.1) is 0 Å². The van der Waals surface area contributed by atoms with Crippen LogP contribution in [0.5, 0.6) is 0 Å². The third-order valence-corrected chi connectivity index (χ3v) is 5.98. The first-order valence-corrected chi connectivity index (χ1v) is 10.0. The molecule has 1 atom stereocenters. The molecule has 0 aliphatic carbocycles. The highest BCUT2D eigenvalue weighted by atomic mass is 32.1. The minimum absolute atomic E-state index is 0.0655. The van der Waals surface area contributed by atoms with E-state index in [2.05, 4.69) is 33.9 Å². The third-order valence-electron chi connectivity index (χ3n) is 5.09. The highest BCUT2D eigenvalue weighted by Gasteiger charge is 2.24. The Labute approximate surface area is 152 Å². The van der Waals surface area contributed by atoms with E-state index in [1.54, 1.807) is 0 Å². The summed E-state index contributed by atoms with van der Waals surface area (Å²) in [7, 11) is 0. The number of piperidine rings is 1. The van der Waals surface area contributed by atoms with Crippen molar-refractivity contribution < 1.29 is 4.79 Å². The molecule has 4 heterocycles. The van der Waals surface area contributed by atoms with Gasteiger partial charge in [-0.15, -0.1) is 11.3 Å². The summed E-state index contributed by atoms with van der Waals surface area (Å²) in [6, 6.07) is 4.13. The minimum Gasteiger partial charge on any atom is -0.357 e. The zero-order valence-electron chi connectivity index (χ0n) is 14.6. The number of carbonyl (C=O) groups excluding carboxylic acids is 1. The number of rotatable bonds is 3. The van der Waals surface area contributed by atoms with Crippen LogP contribution in [0.2, 0.25) is 0 Å². The summed E-state index contributed by atoms with van der Waals surface area (Å²) in [6.45, 7) is 6.09. The van der Waals surface area contributed by atoms with Crippen LogP contribution in [0.4, 0.5) is 5.82 Å². The van der Waals surface area contributed by atoms with Crippen LogP contribution in [0, 0.1) is 5.92 Å². The van der Waals surface area contributed by atoms with Crippen molar-refractivity contribution in [2.75, 3.05) is 31.1 Å². The van der Waals surface area contributed by atoms with Crippen molar-refractivity contribution in [3.05, 3.63) is 29.4 Å². The van der Waals surface area contributed by atoms with Crippen LogP contribution >= 0.6 is 11.3 Å². The van der Waals surface area contributed by atoms with Gasteiger partial charge in [0.2, 0.25) is 0 Å². The largest absolute Gasteiger partial charge is 0.357 e. The van der Waals surface area contributed by atoms with Crippen molar-refractivity contribution in [2.45, 2.75) is 32.6 Å². The lowest BCUT2D eigenvalue weighted by molar-refractivity contribution is 0.0678. The topological polar surface area (TPSA) is 49.3 Å². The molecule has 25 heavy (non-hydrogen) atoms. The van der Waals surface area contributed by atoms with Crippen LogP contribution in [-0.2, 0) is 0 Å². The molecule has 0 spiro atoms. The molecule has 0 aromatic carbocycles. The van der Waals surface area contributed by atoms with E-state index in [1.165, 1.54) is 30.6 Å². The molecule has 4 rings (SSSR count). The standard InChI is InChI=1S/C19H24N4OS/c1-14-5-4-10-23(12-14)19(24)16-13-25-18(21-16)15-6-7-17(20-11-15)22-8-2-3-9-22/h6-7,11,13-14H,2-5,8-10,12H2,1H3/t14-/m0/s1. The fourth-order valence-electron chi connectivity index (χ4n) is 3.69. The Bertz CT molecular complexity index is 736. The van der Waals surface area contributed by atoms with E-state index in [1.807, 2.05) is 16.5 Å². The first-order valence-electron chi connectivity index (χ1n) is 9.17. The number of amides is 1. The fourth-order valence-corrected chi connectivity index (χ4v) is 4.47. The second-order valence-electron chi connectivity index (χ2n) is 7.14. The van der Waals surface area contributed by atoms with E-state index in [0.717, 1.165) is 49.0 Å². The van der Waals surface area contributed by atoms with Crippen LogP contribution in [-0.4, -0.2) is 47.0 Å². The summed E-state index contributed by atoms with van der Waals surface area (Å²) < 4.78 is 0. The van der Waals surface area contributed by atoms with E-state index in [0.29, 0.717) is 11.6 Å². The second-order valence-corrected chi connectivity index (χ2v) is 7.99. The third kappa shape index (κ3) is 3.54. The molecule has 2 aromatic heterocycles. The first-order chi connectivity index (χ1) is 12.2. The Morgan fingerprint density at radius 2 is 2.04 bits per heavy atom. The molecule has 0 unspecified atom stereocenters. The number of carbonyl (C=O) groups is 1. The van der Waals surface area contributed by atoms with E-state index in [9.17, 15) is 4.79 Å². The number of aromatic nitrogens is 2. The van der Waals surface area contributed by atoms with E-state index >= 15 is 0 Å². The van der Waals surface area contributed by atoms with Gasteiger partial charge >= 0.3 is 0 Å². The Kier molecular flexibility index (Phi) is 4.70. The molecule has 5 nitrogen and oxygen atoms in total. The quantitative estimate of drug-likeness (QED) is 0.842. The maximum absolute atomic E-state index is 12.7. The van der Waals surface area contributed by atoms with Gasteiger partial charge in [0, 0.05) is 43.3 Å². The highest BCUT2D eigenvalue weighted by Crippen LogP contribution is 2.27. The van der Waals surface area contributed by atoms with E-state index < -0.39 is 0 Å². The first kappa shape index (κ1) is 16.5. The monoisotopic (exact) mass is 356 g/mol. The summed E-state index contributed by atoms with van der Waals surface area (Å²) in [5, 5.41) is 2.75. The van der Waals surface area contributed by atoms with E-state index in [4.69, 9.17) is 0 Å². The Morgan fingerprint density at radius 3 is 2.76 bits per heavy atom. The molecule has 0 saturated carbocycles. The molecular weight excluding hydrogens is 332 g/mol. The molecular formula is C19H24N4OS. The number of hydrogen-bond acceptors (Lipinski definition) is 5. The average Bonchev–Trinajstić information content (AvgIpc) is 3.33. The summed E-state index contributed by atoms with van der Waals surface area (Å²) in [6.07, 6.45) is 6.67. The molecule has 0 N–H and O–H groups in total. The summed E-state index contributed by atoms with van der Waals surface area (Å²) in [5.41, 5.74) is 1.55. The van der Waals surface area contributed by atoms with Crippen LogP contribution in [0.3, 0.4) is 0 Å². The summed E-state index contributed by atoms with van der Waals surface area (Å²) in [4.78, 5) is 26.1. The van der Waals surface area contributed by atoms with Crippen molar-refractivity contribution in [3.63, 3.8) is 0 Å². The van der Waals surface area contributed by atoms with Crippen LogP contribution in [0.15, 0.2) is 23.7 Å². The summed E-state index contributed by atoms with van der Waals surface area (Å²) >= 11 is 1.52. The fraction of sp³-hybridized carbons (Fsp3) is 0.526. The predicted octanol–water partition coefficient (Wildman–Crippen LogP) is 3.68. The summed E-state index contributed by atoms with van der Waals surface area (Å²) in [5.74, 6) is 1.69. The van der Waals surface area contributed by atoms with Gasteiger partial charge in [-0.3, -0.25) is 4.79 Å². The van der Waals surface area contributed by atoms with Crippen LogP contribution in [0.1, 0.15) is 43.1 Å². The number of pyridine rings is 1. The molecule has 6 heteroatoms. The maximum atomic E-state index is 12.7. The second kappa shape index (κ2) is 7.12. The minimum atomic E-state index is 0.0655. The Balaban J connectivity index is 1.48. The van der Waals surface area contributed by atoms with Crippen molar-refractivity contribution in [3.8, 4) is 10.6 Å². The zero-order chi connectivity index (χ0) is 17.2. The molecule has 0 radical (unpaired) electrons. The van der Waals surface area contributed by atoms with Crippen molar-refractivity contribution >= 4 is 23.1 Å². The lowest BCUT2D eigenvalue weighted by Crippen LogP contribution is -2.39. The molecule has 2 fully saturated rings. The molecule has 132 valence electrons. The molecule has 1 amide bonds. The molecule has 2 saturated heterocycles. The predicted molar refractivity (Wildman–Crippen MR) is 101 cm³/mol. The number of anilines is 1. The number of hydrogen-bond donors (Lipinski definition) is 0. The molecule has 0 bridgehead atoms. The molecule has 2 aliphatic heterocycles. The number of likely N-dealkylation sites (tertiary alicyclic amines) is 1. The van der Waals surface area contributed by atoms with Gasteiger partial charge in [-0.1, -0.05) is 6.92 Å². The maximum Gasteiger partial charge on any atom is 0.273 e. The van der Waals surface area contributed by atoms with Crippen molar-refractivity contribution in [1.29, 1.82) is 0 Å². The highest BCUT2D eigenvalue weighted by molar-refractivity contribution is 7.13. The normalized spacial score (nSPS) is 20.9. The van der Waals surface area contributed by atoms with Gasteiger partial charge in [0.15, 0.2) is 0 Å².